The molecule has 0 aliphatic rings. The van der Waals surface area contributed by atoms with Crippen LogP contribution in [0.25, 0.3) is 109 Å². The third kappa shape index (κ3) is 6.06. The molecule has 0 aliphatic heterocycles. The van der Waals surface area contributed by atoms with Gasteiger partial charge >= 0.3 is 0 Å². The standard InChI is InChI=1S/C54H34N2S/c1-3-13-39(14-4-1)50-34-51(56-54(55-50)40-15-5-2-6-16-40)44-31-42(30-43(32-44)46-19-11-20-48-47-18-9-10-21-52(47)57-53(46)48)36-24-22-35(23-25-36)41-29-28-38-27-26-37-12-7-8-17-45(37)49(38)33-41/h1-34H. The minimum Gasteiger partial charge on any atom is -0.228 e. The second-order valence-electron chi connectivity index (χ2n) is 14.6. The summed E-state index contributed by atoms with van der Waals surface area (Å²) in [5, 5.41) is 7.65. The minimum atomic E-state index is 0.707. The summed E-state index contributed by atoms with van der Waals surface area (Å²) in [6.07, 6.45) is 0. The first-order valence-electron chi connectivity index (χ1n) is 19.3. The Balaban J connectivity index is 1.09. The molecule has 11 rings (SSSR count). The maximum Gasteiger partial charge on any atom is 0.160 e. The van der Waals surface area contributed by atoms with Crippen molar-refractivity contribution in [2.45, 2.75) is 0 Å². The van der Waals surface area contributed by atoms with Gasteiger partial charge in [-0.25, -0.2) is 9.97 Å². The van der Waals surface area contributed by atoms with E-state index in [0.717, 1.165) is 44.8 Å². The van der Waals surface area contributed by atoms with Crippen molar-refractivity contribution >= 4 is 53.1 Å². The molecule has 0 atom stereocenters. The smallest absolute Gasteiger partial charge is 0.160 e. The third-order valence-electron chi connectivity index (χ3n) is 11.1. The molecule has 0 aliphatic carbocycles. The van der Waals surface area contributed by atoms with Crippen molar-refractivity contribution in [1.29, 1.82) is 0 Å². The van der Waals surface area contributed by atoms with Gasteiger partial charge in [0.15, 0.2) is 5.82 Å². The molecule has 0 amide bonds. The van der Waals surface area contributed by atoms with Crippen LogP contribution in [0, 0.1) is 0 Å². The Labute approximate surface area is 335 Å². The highest BCUT2D eigenvalue weighted by Crippen LogP contribution is 2.42. The van der Waals surface area contributed by atoms with Crippen molar-refractivity contribution in [3.63, 3.8) is 0 Å². The number of rotatable bonds is 6. The average molecular weight is 743 g/mol. The Morgan fingerprint density at radius 3 is 1.65 bits per heavy atom. The fraction of sp³-hybridized carbons (Fsp3) is 0. The second-order valence-corrected chi connectivity index (χ2v) is 15.6. The lowest BCUT2D eigenvalue weighted by Gasteiger charge is -2.14. The zero-order chi connectivity index (χ0) is 37.7. The summed E-state index contributed by atoms with van der Waals surface area (Å²) in [5.74, 6) is 0.707. The second kappa shape index (κ2) is 13.8. The first-order valence-corrected chi connectivity index (χ1v) is 20.1. The van der Waals surface area contributed by atoms with Crippen molar-refractivity contribution in [2.24, 2.45) is 0 Å². The molecule has 2 heterocycles. The van der Waals surface area contributed by atoms with E-state index < -0.39 is 0 Å². The molecule has 9 aromatic carbocycles. The predicted octanol–water partition coefficient (Wildman–Crippen LogP) is 15.2. The van der Waals surface area contributed by atoms with Crippen LogP contribution >= 0.6 is 11.3 Å². The number of nitrogens with zero attached hydrogens (tertiary/aromatic N) is 2. The van der Waals surface area contributed by atoms with Crippen molar-refractivity contribution in [2.75, 3.05) is 0 Å². The Hall–Kier alpha value is -7.20. The van der Waals surface area contributed by atoms with E-state index in [1.54, 1.807) is 0 Å². The molecule has 57 heavy (non-hydrogen) atoms. The summed E-state index contributed by atoms with van der Waals surface area (Å²) < 4.78 is 2.59. The van der Waals surface area contributed by atoms with Gasteiger partial charge in [0, 0.05) is 36.9 Å². The lowest BCUT2D eigenvalue weighted by Crippen LogP contribution is -1.96. The fourth-order valence-corrected chi connectivity index (χ4v) is 9.42. The van der Waals surface area contributed by atoms with Crippen molar-refractivity contribution in [1.82, 2.24) is 9.97 Å². The highest BCUT2D eigenvalue weighted by molar-refractivity contribution is 7.26. The van der Waals surface area contributed by atoms with Crippen LogP contribution < -0.4 is 0 Å². The van der Waals surface area contributed by atoms with Crippen molar-refractivity contribution < 1.29 is 0 Å². The van der Waals surface area contributed by atoms with E-state index in [4.69, 9.17) is 9.97 Å². The summed E-state index contributed by atoms with van der Waals surface area (Å²) >= 11 is 1.86. The normalized spacial score (nSPS) is 11.5. The quantitative estimate of drug-likeness (QED) is 0.159. The molecule has 11 aromatic rings. The van der Waals surface area contributed by atoms with Gasteiger partial charge in [0.05, 0.1) is 11.4 Å². The molecule has 0 unspecified atom stereocenters. The highest BCUT2D eigenvalue weighted by Gasteiger charge is 2.16. The Morgan fingerprint density at radius 2 is 0.860 bits per heavy atom. The zero-order valence-electron chi connectivity index (χ0n) is 30.9. The van der Waals surface area contributed by atoms with E-state index in [0.29, 0.717) is 5.82 Å². The summed E-state index contributed by atoms with van der Waals surface area (Å²) in [6, 6.07) is 74.1. The molecule has 0 radical (unpaired) electrons. The van der Waals surface area contributed by atoms with Gasteiger partial charge in [-0.15, -0.1) is 11.3 Å². The van der Waals surface area contributed by atoms with Crippen molar-refractivity contribution in [3.05, 3.63) is 206 Å². The van der Waals surface area contributed by atoms with Crippen LogP contribution in [0.3, 0.4) is 0 Å². The lowest BCUT2D eigenvalue weighted by atomic mass is 9.92. The lowest BCUT2D eigenvalue weighted by molar-refractivity contribution is 1.18. The average Bonchev–Trinajstić information content (AvgIpc) is 3.68. The summed E-state index contributed by atoms with van der Waals surface area (Å²) in [5.41, 5.74) is 11.9. The highest BCUT2D eigenvalue weighted by atomic mass is 32.1. The SMILES string of the molecule is c1ccc(-c2cc(-c3cc(-c4ccc(-c5ccc6ccc7ccccc7c6c5)cc4)cc(-c4cccc5c4sc4ccccc45)c3)nc(-c3ccccc3)n2)cc1. The molecule has 0 N–H and O–H groups in total. The number of thiophene rings is 1. The molecular weight excluding hydrogens is 709 g/mol. The Kier molecular flexibility index (Phi) is 8.04. The van der Waals surface area contributed by atoms with Gasteiger partial charge in [0.2, 0.25) is 0 Å². The maximum absolute atomic E-state index is 5.26. The number of hydrogen-bond donors (Lipinski definition) is 0. The first-order chi connectivity index (χ1) is 28.2. The molecule has 2 nitrogen and oxygen atoms in total. The van der Waals surface area contributed by atoms with Crippen LogP contribution in [0.2, 0.25) is 0 Å². The van der Waals surface area contributed by atoms with E-state index >= 15 is 0 Å². The van der Waals surface area contributed by atoms with Crippen LogP contribution in [0.1, 0.15) is 0 Å². The molecule has 266 valence electrons. The number of benzene rings is 9. The monoisotopic (exact) mass is 742 g/mol. The summed E-state index contributed by atoms with van der Waals surface area (Å²) in [4.78, 5) is 10.3. The Morgan fingerprint density at radius 1 is 0.298 bits per heavy atom. The minimum absolute atomic E-state index is 0.707. The molecule has 0 spiro atoms. The van der Waals surface area contributed by atoms with Crippen LogP contribution in [-0.2, 0) is 0 Å². The summed E-state index contributed by atoms with van der Waals surface area (Å²) in [6.45, 7) is 0. The topological polar surface area (TPSA) is 25.8 Å². The molecule has 0 saturated heterocycles. The maximum atomic E-state index is 5.26. The Bertz CT molecular complexity index is 3220. The van der Waals surface area contributed by atoms with Gasteiger partial charge in [-0.2, -0.15) is 0 Å². The van der Waals surface area contributed by atoms with Gasteiger partial charge in [-0.05, 0) is 91.3 Å². The van der Waals surface area contributed by atoms with Crippen LogP contribution in [0.5, 0.6) is 0 Å². The molecule has 3 heteroatoms. The van der Waals surface area contributed by atoms with E-state index in [1.165, 1.54) is 58.4 Å². The van der Waals surface area contributed by atoms with Gasteiger partial charge in [0.1, 0.15) is 0 Å². The molecule has 0 saturated carbocycles. The predicted molar refractivity (Wildman–Crippen MR) is 243 cm³/mol. The van der Waals surface area contributed by atoms with Gasteiger partial charge < -0.3 is 0 Å². The van der Waals surface area contributed by atoms with Crippen LogP contribution in [0.4, 0.5) is 0 Å². The van der Waals surface area contributed by atoms with E-state index in [9.17, 15) is 0 Å². The molecule has 0 bridgehead atoms. The van der Waals surface area contributed by atoms with E-state index in [2.05, 4.69) is 182 Å². The van der Waals surface area contributed by atoms with Crippen molar-refractivity contribution in [3.8, 4) is 67.3 Å². The number of fused-ring (bicyclic) bond motifs is 6. The molecule has 0 fully saturated rings. The number of hydrogen-bond acceptors (Lipinski definition) is 3. The van der Waals surface area contributed by atoms with Gasteiger partial charge in [0.25, 0.3) is 0 Å². The van der Waals surface area contributed by atoms with E-state index in [1.807, 2.05) is 35.6 Å². The first kappa shape index (κ1) is 33.2. The largest absolute Gasteiger partial charge is 0.228 e. The number of aromatic nitrogens is 2. The van der Waals surface area contributed by atoms with E-state index in [-0.39, 0.29) is 0 Å². The molecular formula is C54H34N2S. The molecule has 2 aromatic heterocycles. The van der Waals surface area contributed by atoms with Crippen LogP contribution in [0.15, 0.2) is 206 Å². The van der Waals surface area contributed by atoms with Gasteiger partial charge in [-0.3, -0.25) is 0 Å². The van der Waals surface area contributed by atoms with Crippen LogP contribution in [-0.4, -0.2) is 9.97 Å². The van der Waals surface area contributed by atoms with Gasteiger partial charge in [-0.1, -0.05) is 170 Å². The fourth-order valence-electron chi connectivity index (χ4n) is 8.18. The third-order valence-corrected chi connectivity index (χ3v) is 12.3. The summed E-state index contributed by atoms with van der Waals surface area (Å²) in [7, 11) is 0. The zero-order valence-corrected chi connectivity index (χ0v) is 31.7.